The molecule has 7 heteroatoms. The van der Waals surface area contributed by atoms with Crippen molar-refractivity contribution >= 4 is 39.8 Å². The molecule has 0 spiro atoms. The van der Waals surface area contributed by atoms with Crippen LogP contribution >= 0.6 is 23.1 Å². The Morgan fingerprint density at radius 1 is 1.21 bits per heavy atom. The number of rotatable bonds is 6. The van der Waals surface area contributed by atoms with Gasteiger partial charge in [-0.3, -0.25) is 4.79 Å². The van der Waals surface area contributed by atoms with E-state index in [1.54, 1.807) is 0 Å². The first-order valence-corrected chi connectivity index (χ1v) is 10.0. The van der Waals surface area contributed by atoms with Gasteiger partial charge >= 0.3 is 0 Å². The van der Waals surface area contributed by atoms with Crippen molar-refractivity contribution in [3.63, 3.8) is 0 Å². The normalized spacial score (nSPS) is 16.5. The first kappa shape index (κ1) is 17.2. The van der Waals surface area contributed by atoms with E-state index in [-0.39, 0.29) is 11.2 Å². The third-order valence-electron chi connectivity index (χ3n) is 4.03. The van der Waals surface area contributed by atoms with E-state index in [1.165, 1.54) is 42.4 Å². The van der Waals surface area contributed by atoms with E-state index in [1.807, 2.05) is 37.3 Å². The number of nitrogens with zero attached hydrogens (tertiary/aromatic N) is 2. The third kappa shape index (κ3) is 4.95. The lowest BCUT2D eigenvalue weighted by Crippen LogP contribution is -2.40. The minimum absolute atomic E-state index is 0.0969. The van der Waals surface area contributed by atoms with Crippen LogP contribution in [0.4, 0.5) is 10.8 Å². The highest BCUT2D eigenvalue weighted by atomic mass is 32.2. The molecule has 1 unspecified atom stereocenters. The topological polar surface area (TPSA) is 66.9 Å². The lowest BCUT2D eigenvalue weighted by Gasteiger charge is -2.24. The second kappa shape index (κ2) is 8.48. The van der Waals surface area contributed by atoms with Crippen LogP contribution in [0.1, 0.15) is 39.0 Å². The zero-order valence-electron chi connectivity index (χ0n) is 13.7. The highest BCUT2D eigenvalue weighted by Crippen LogP contribution is 2.30. The van der Waals surface area contributed by atoms with Gasteiger partial charge in [0.15, 0.2) is 4.34 Å². The minimum Gasteiger partial charge on any atom is -0.352 e. The Kier molecular flexibility index (Phi) is 6.09. The maximum atomic E-state index is 12.3. The number of anilines is 2. The molecule has 1 aromatic heterocycles. The summed E-state index contributed by atoms with van der Waals surface area (Å²) in [4.78, 5) is 12.3. The molecule has 1 aliphatic rings. The quantitative estimate of drug-likeness (QED) is 0.754. The van der Waals surface area contributed by atoms with Gasteiger partial charge in [-0.2, -0.15) is 0 Å². The summed E-state index contributed by atoms with van der Waals surface area (Å²) >= 11 is 2.93. The van der Waals surface area contributed by atoms with Gasteiger partial charge in [0.05, 0.1) is 5.25 Å². The Hall–Kier alpha value is -1.60. The highest BCUT2D eigenvalue weighted by molar-refractivity contribution is 8.02. The molecule has 1 atom stereocenters. The van der Waals surface area contributed by atoms with Gasteiger partial charge in [-0.15, -0.1) is 10.2 Å². The molecule has 1 saturated carbocycles. The second-order valence-corrected chi connectivity index (χ2v) is 8.53. The van der Waals surface area contributed by atoms with E-state index in [9.17, 15) is 4.79 Å². The van der Waals surface area contributed by atoms with Crippen LogP contribution in [0.25, 0.3) is 0 Å². The fourth-order valence-electron chi connectivity index (χ4n) is 2.72. The Morgan fingerprint density at radius 3 is 2.71 bits per heavy atom. The van der Waals surface area contributed by atoms with Crippen LogP contribution in [0.3, 0.4) is 0 Å². The lowest BCUT2D eigenvalue weighted by molar-refractivity contribution is -0.121. The minimum atomic E-state index is -0.163. The number of benzene rings is 1. The van der Waals surface area contributed by atoms with Crippen molar-refractivity contribution in [3.05, 3.63) is 30.3 Å². The third-order valence-corrected chi connectivity index (χ3v) is 6.05. The van der Waals surface area contributed by atoms with Crippen molar-refractivity contribution in [3.8, 4) is 0 Å². The molecule has 0 bridgehead atoms. The summed E-state index contributed by atoms with van der Waals surface area (Å²) in [7, 11) is 0. The van der Waals surface area contributed by atoms with Gasteiger partial charge in [-0.1, -0.05) is 60.6 Å². The van der Waals surface area contributed by atoms with Gasteiger partial charge in [0.1, 0.15) is 0 Å². The number of hydrogen-bond acceptors (Lipinski definition) is 6. The smallest absolute Gasteiger partial charge is 0.233 e. The molecule has 0 aliphatic heterocycles. The van der Waals surface area contributed by atoms with Crippen LogP contribution in [0.5, 0.6) is 0 Å². The monoisotopic (exact) mass is 362 g/mol. The molecule has 128 valence electrons. The molecule has 1 fully saturated rings. The van der Waals surface area contributed by atoms with Crippen molar-refractivity contribution in [1.82, 2.24) is 15.5 Å². The first-order chi connectivity index (χ1) is 11.7. The van der Waals surface area contributed by atoms with Crippen molar-refractivity contribution in [2.75, 3.05) is 5.32 Å². The van der Waals surface area contributed by atoms with E-state index in [4.69, 9.17) is 0 Å². The molecule has 1 aromatic carbocycles. The van der Waals surface area contributed by atoms with Crippen LogP contribution in [0, 0.1) is 0 Å². The zero-order chi connectivity index (χ0) is 16.8. The number of carbonyl (C=O) groups is 1. The van der Waals surface area contributed by atoms with Crippen LogP contribution in [0.15, 0.2) is 34.7 Å². The van der Waals surface area contributed by atoms with Gasteiger partial charge in [0, 0.05) is 11.7 Å². The summed E-state index contributed by atoms with van der Waals surface area (Å²) in [6.07, 6.45) is 5.94. The summed E-state index contributed by atoms with van der Waals surface area (Å²) in [5.41, 5.74) is 0.980. The molecular weight excluding hydrogens is 340 g/mol. The number of thioether (sulfide) groups is 1. The summed E-state index contributed by atoms with van der Waals surface area (Å²) < 4.78 is 0.805. The first-order valence-electron chi connectivity index (χ1n) is 8.33. The molecule has 2 aromatic rings. The number of amides is 1. The Bertz CT molecular complexity index is 656. The number of carbonyl (C=O) groups excluding carboxylic acids is 1. The highest BCUT2D eigenvalue weighted by Gasteiger charge is 2.21. The molecule has 3 rings (SSSR count). The van der Waals surface area contributed by atoms with Gasteiger partial charge in [-0.25, -0.2) is 0 Å². The number of aromatic nitrogens is 2. The molecule has 1 aliphatic carbocycles. The largest absolute Gasteiger partial charge is 0.352 e. The predicted octanol–water partition coefficient (Wildman–Crippen LogP) is 4.21. The van der Waals surface area contributed by atoms with Gasteiger partial charge < -0.3 is 10.6 Å². The van der Waals surface area contributed by atoms with E-state index in [0.29, 0.717) is 6.04 Å². The predicted molar refractivity (Wildman–Crippen MR) is 100.0 cm³/mol. The van der Waals surface area contributed by atoms with E-state index in [2.05, 4.69) is 20.8 Å². The van der Waals surface area contributed by atoms with Gasteiger partial charge in [0.25, 0.3) is 0 Å². The van der Waals surface area contributed by atoms with Crippen LogP contribution < -0.4 is 10.6 Å². The maximum absolute atomic E-state index is 12.3. The molecule has 0 saturated heterocycles. The number of para-hydroxylation sites is 1. The van der Waals surface area contributed by atoms with E-state index >= 15 is 0 Å². The number of nitrogens with one attached hydrogen (secondary N) is 2. The fraction of sp³-hybridized carbons (Fsp3) is 0.471. The van der Waals surface area contributed by atoms with Crippen LogP contribution in [-0.4, -0.2) is 27.4 Å². The van der Waals surface area contributed by atoms with E-state index in [0.717, 1.165) is 28.0 Å². The maximum Gasteiger partial charge on any atom is 0.233 e. The Morgan fingerprint density at radius 2 is 1.96 bits per heavy atom. The summed E-state index contributed by atoms with van der Waals surface area (Å²) in [6.45, 7) is 1.93. The standard InChI is InChI=1S/C17H22N4OS2/c1-12(15(22)18-13-8-4-2-5-9-13)23-17-21-20-16(24-17)19-14-10-6-3-7-11-14/h3,6-7,10-13H,2,4-5,8-9H2,1H3,(H,18,22)(H,19,20). The van der Waals surface area contributed by atoms with Crippen molar-refractivity contribution in [2.24, 2.45) is 0 Å². The van der Waals surface area contributed by atoms with E-state index < -0.39 is 0 Å². The molecule has 2 N–H and O–H groups in total. The summed E-state index contributed by atoms with van der Waals surface area (Å²) in [5, 5.41) is 15.3. The fourth-order valence-corrected chi connectivity index (χ4v) is 4.65. The average molecular weight is 363 g/mol. The molecule has 1 heterocycles. The van der Waals surface area contributed by atoms with Crippen LogP contribution in [-0.2, 0) is 4.79 Å². The Labute approximate surface area is 150 Å². The lowest BCUT2D eigenvalue weighted by atomic mass is 9.95. The summed E-state index contributed by atoms with van der Waals surface area (Å²) in [5.74, 6) is 0.0969. The zero-order valence-corrected chi connectivity index (χ0v) is 15.3. The molecule has 0 radical (unpaired) electrons. The van der Waals surface area contributed by atoms with Gasteiger partial charge in [-0.05, 0) is 31.9 Å². The van der Waals surface area contributed by atoms with Gasteiger partial charge in [0.2, 0.25) is 11.0 Å². The average Bonchev–Trinajstić information content (AvgIpc) is 3.03. The number of hydrogen-bond donors (Lipinski definition) is 2. The van der Waals surface area contributed by atoms with Crippen molar-refractivity contribution in [1.29, 1.82) is 0 Å². The van der Waals surface area contributed by atoms with Crippen molar-refractivity contribution < 1.29 is 4.79 Å². The summed E-state index contributed by atoms with van der Waals surface area (Å²) in [6, 6.07) is 10.2. The molecular formula is C17H22N4OS2. The van der Waals surface area contributed by atoms with Crippen LogP contribution in [0.2, 0.25) is 0 Å². The second-order valence-electron chi connectivity index (χ2n) is 5.97. The molecule has 1 amide bonds. The SMILES string of the molecule is CC(Sc1nnc(Nc2ccccc2)s1)C(=O)NC1CCCCC1. The Balaban J connectivity index is 1.51. The molecule has 5 nitrogen and oxygen atoms in total. The molecule has 24 heavy (non-hydrogen) atoms. The van der Waals surface area contributed by atoms with Crippen molar-refractivity contribution in [2.45, 2.75) is 54.7 Å².